The molecule has 1 saturated heterocycles. The zero-order chi connectivity index (χ0) is 22.0. The quantitative estimate of drug-likeness (QED) is 0.473. The average Bonchev–Trinajstić information content (AvgIpc) is 3.11. The predicted molar refractivity (Wildman–Crippen MR) is 119 cm³/mol. The van der Waals surface area contributed by atoms with Gasteiger partial charge in [-0.1, -0.05) is 48.5 Å². The van der Waals surface area contributed by atoms with Gasteiger partial charge in [0.25, 0.3) is 0 Å². The largest absolute Gasteiger partial charge is 0.494 e. The first-order chi connectivity index (χ1) is 15.6. The van der Waals surface area contributed by atoms with Gasteiger partial charge in [-0.05, 0) is 53.4 Å². The van der Waals surface area contributed by atoms with Crippen molar-refractivity contribution in [2.75, 3.05) is 11.5 Å². The fraction of sp³-hybridized carbons (Fsp3) is 0.222. The van der Waals surface area contributed by atoms with E-state index in [9.17, 15) is 14.4 Å². The number of rotatable bonds is 4. The summed E-state index contributed by atoms with van der Waals surface area (Å²) in [6.45, 7) is 2.43. The second-order valence-electron chi connectivity index (χ2n) is 8.58. The Bertz CT molecular complexity index is 1230. The van der Waals surface area contributed by atoms with Crippen molar-refractivity contribution < 1.29 is 19.1 Å². The number of hydrogen-bond acceptors (Lipinski definition) is 4. The van der Waals surface area contributed by atoms with Gasteiger partial charge in [-0.25, -0.2) is 4.90 Å². The second kappa shape index (κ2) is 6.63. The van der Waals surface area contributed by atoms with Crippen LogP contribution in [0.3, 0.4) is 0 Å². The first-order valence-corrected chi connectivity index (χ1v) is 10.9. The van der Waals surface area contributed by atoms with E-state index in [2.05, 4.69) is 0 Å². The zero-order valence-corrected chi connectivity index (χ0v) is 17.5. The van der Waals surface area contributed by atoms with Crippen molar-refractivity contribution in [2.45, 2.75) is 18.3 Å². The van der Waals surface area contributed by atoms with Gasteiger partial charge in [-0.15, -0.1) is 0 Å². The van der Waals surface area contributed by atoms with Gasteiger partial charge in [0.05, 0.1) is 29.5 Å². The van der Waals surface area contributed by atoms with Gasteiger partial charge in [-0.3, -0.25) is 9.59 Å². The minimum absolute atomic E-state index is 0.246. The molecule has 0 N–H and O–H groups in total. The molecule has 2 bridgehead atoms. The number of benzene rings is 3. The Kier molecular flexibility index (Phi) is 3.94. The lowest BCUT2D eigenvalue weighted by molar-refractivity contribution is -0.128. The normalized spacial score (nSPS) is 27.0. The van der Waals surface area contributed by atoms with Crippen LogP contribution in [0.1, 0.15) is 35.1 Å². The maximum atomic E-state index is 13.8. The molecule has 3 aliphatic carbocycles. The molecule has 7 rings (SSSR count). The van der Waals surface area contributed by atoms with Crippen LogP contribution < -0.4 is 9.64 Å². The van der Waals surface area contributed by atoms with Gasteiger partial charge in [0.1, 0.15) is 12.0 Å². The predicted octanol–water partition coefficient (Wildman–Crippen LogP) is 3.84. The van der Waals surface area contributed by atoms with Gasteiger partial charge < -0.3 is 9.53 Å². The molecule has 3 aromatic carbocycles. The highest BCUT2D eigenvalue weighted by atomic mass is 16.5. The second-order valence-corrected chi connectivity index (χ2v) is 8.58. The fourth-order valence-electron chi connectivity index (χ4n) is 6.14. The van der Waals surface area contributed by atoms with Crippen LogP contribution in [0.4, 0.5) is 5.69 Å². The van der Waals surface area contributed by atoms with E-state index < -0.39 is 17.3 Å². The summed E-state index contributed by atoms with van der Waals surface area (Å²) in [6, 6.07) is 22.5. The van der Waals surface area contributed by atoms with E-state index in [1.165, 1.54) is 4.90 Å². The summed E-state index contributed by atoms with van der Waals surface area (Å²) >= 11 is 0. The number of nitrogens with zero attached hydrogens (tertiary/aromatic N) is 1. The highest BCUT2D eigenvalue weighted by Crippen LogP contribution is 2.63. The van der Waals surface area contributed by atoms with E-state index in [-0.39, 0.29) is 17.7 Å². The average molecular weight is 423 g/mol. The van der Waals surface area contributed by atoms with E-state index >= 15 is 0 Å². The molecular formula is C27H21NO4. The van der Waals surface area contributed by atoms with Crippen molar-refractivity contribution in [3.05, 3.63) is 95.1 Å². The molecule has 0 aromatic heterocycles. The van der Waals surface area contributed by atoms with Crippen LogP contribution in [-0.4, -0.2) is 24.7 Å². The van der Waals surface area contributed by atoms with E-state index in [0.717, 1.165) is 28.5 Å². The number of anilines is 1. The SMILES string of the molecule is CCOc1ccc(N2C(=O)[C@@H]3C4c5ccccc5C(C=O)(c5ccccc54)[C@@H]3C2=O)cc1. The van der Waals surface area contributed by atoms with Gasteiger partial charge >= 0.3 is 0 Å². The number of carbonyl (C=O) groups is 3. The minimum Gasteiger partial charge on any atom is -0.494 e. The summed E-state index contributed by atoms with van der Waals surface area (Å²) in [5, 5.41) is 0. The van der Waals surface area contributed by atoms with Crippen LogP contribution in [0.5, 0.6) is 5.75 Å². The molecule has 4 aliphatic rings. The molecule has 3 aromatic rings. The lowest BCUT2D eigenvalue weighted by Crippen LogP contribution is -2.54. The fourth-order valence-corrected chi connectivity index (χ4v) is 6.14. The molecule has 0 radical (unpaired) electrons. The number of carbonyl (C=O) groups excluding carboxylic acids is 3. The maximum Gasteiger partial charge on any atom is 0.239 e. The van der Waals surface area contributed by atoms with Crippen LogP contribution in [0, 0.1) is 11.8 Å². The van der Waals surface area contributed by atoms with Crippen LogP contribution in [-0.2, 0) is 19.8 Å². The Balaban J connectivity index is 1.56. The molecular weight excluding hydrogens is 402 g/mol. The first-order valence-electron chi connectivity index (χ1n) is 10.9. The standard InChI is InChI=1S/C27H21NO4/c1-2-32-17-13-11-16(12-14-17)28-25(30)23-22-18-7-3-5-9-20(18)27(15-29,24(23)26(28)31)21-10-6-4-8-19(21)22/h3-15,22-24H,2H2,1H3/t22?,23-,24+,27?/m1/s1. The van der Waals surface area contributed by atoms with Crippen LogP contribution in [0.2, 0.25) is 0 Å². The van der Waals surface area contributed by atoms with E-state index in [4.69, 9.17) is 4.74 Å². The summed E-state index contributed by atoms with van der Waals surface area (Å²) in [5.41, 5.74) is 2.96. The molecule has 1 aliphatic heterocycles. The molecule has 2 amide bonds. The lowest BCUT2D eigenvalue weighted by atomic mass is 9.48. The summed E-state index contributed by atoms with van der Waals surface area (Å²) in [7, 11) is 0. The smallest absolute Gasteiger partial charge is 0.239 e. The van der Waals surface area contributed by atoms with Gasteiger partial charge in [0, 0.05) is 5.92 Å². The van der Waals surface area contributed by atoms with Crippen LogP contribution in [0.15, 0.2) is 72.8 Å². The Morgan fingerprint density at radius 1 is 0.875 bits per heavy atom. The Morgan fingerprint density at radius 2 is 1.47 bits per heavy atom. The zero-order valence-electron chi connectivity index (χ0n) is 17.5. The van der Waals surface area contributed by atoms with Gasteiger partial charge in [0.2, 0.25) is 11.8 Å². The lowest BCUT2D eigenvalue weighted by Gasteiger charge is -2.51. The van der Waals surface area contributed by atoms with Crippen molar-refractivity contribution in [3.8, 4) is 5.75 Å². The Hall–Kier alpha value is -3.73. The third-order valence-corrected chi connectivity index (χ3v) is 7.28. The monoisotopic (exact) mass is 423 g/mol. The molecule has 0 saturated carbocycles. The summed E-state index contributed by atoms with van der Waals surface area (Å²) < 4.78 is 5.50. The van der Waals surface area contributed by atoms with Gasteiger partial charge in [0.15, 0.2) is 0 Å². The molecule has 32 heavy (non-hydrogen) atoms. The Labute approximate surface area is 185 Å². The molecule has 5 nitrogen and oxygen atoms in total. The molecule has 0 unspecified atom stereocenters. The molecule has 0 spiro atoms. The molecule has 158 valence electrons. The highest BCUT2D eigenvalue weighted by molar-refractivity contribution is 6.24. The minimum atomic E-state index is -1.17. The van der Waals surface area contributed by atoms with Gasteiger partial charge in [-0.2, -0.15) is 0 Å². The molecule has 1 fully saturated rings. The maximum absolute atomic E-state index is 13.8. The van der Waals surface area contributed by atoms with Crippen molar-refractivity contribution in [1.29, 1.82) is 0 Å². The molecule has 5 heteroatoms. The molecule has 2 atom stereocenters. The van der Waals surface area contributed by atoms with Crippen LogP contribution in [0.25, 0.3) is 0 Å². The van der Waals surface area contributed by atoms with Crippen molar-refractivity contribution >= 4 is 23.8 Å². The molecule has 1 heterocycles. The number of hydrogen-bond donors (Lipinski definition) is 0. The van der Waals surface area contributed by atoms with Crippen molar-refractivity contribution in [3.63, 3.8) is 0 Å². The van der Waals surface area contributed by atoms with Crippen molar-refractivity contribution in [2.24, 2.45) is 11.8 Å². The summed E-state index contributed by atoms with van der Waals surface area (Å²) in [4.78, 5) is 41.8. The third kappa shape index (κ3) is 2.15. The third-order valence-electron chi connectivity index (χ3n) is 7.28. The summed E-state index contributed by atoms with van der Waals surface area (Å²) in [6.07, 6.45) is 0.893. The van der Waals surface area contributed by atoms with Crippen molar-refractivity contribution in [1.82, 2.24) is 0 Å². The Morgan fingerprint density at radius 3 is 2.03 bits per heavy atom. The van der Waals surface area contributed by atoms with E-state index in [1.54, 1.807) is 24.3 Å². The number of ether oxygens (including phenoxy) is 1. The van der Waals surface area contributed by atoms with E-state index in [0.29, 0.717) is 18.0 Å². The number of aldehydes is 1. The highest BCUT2D eigenvalue weighted by Gasteiger charge is 2.68. The van der Waals surface area contributed by atoms with E-state index in [1.807, 2.05) is 55.5 Å². The topological polar surface area (TPSA) is 63.7 Å². The number of imide groups is 1. The summed E-state index contributed by atoms with van der Waals surface area (Å²) in [5.74, 6) is -1.50. The first kappa shape index (κ1) is 19.0. The van der Waals surface area contributed by atoms with Crippen LogP contribution >= 0.6 is 0 Å². The number of amides is 2.